The first-order valence-electron chi connectivity index (χ1n) is 7.39. The predicted molar refractivity (Wildman–Crippen MR) is 76.4 cm³/mol. The lowest BCUT2D eigenvalue weighted by Gasteiger charge is -2.31. The van der Waals surface area contributed by atoms with Crippen molar-refractivity contribution >= 4 is 11.5 Å². The van der Waals surface area contributed by atoms with E-state index in [4.69, 9.17) is 0 Å². The Balaban J connectivity index is 1.75. The van der Waals surface area contributed by atoms with E-state index >= 15 is 0 Å². The van der Waals surface area contributed by atoms with E-state index < -0.39 is 0 Å². The number of nitrogens with zero attached hydrogens (tertiary/aromatic N) is 3. The largest absolute Gasteiger partial charge is 0.371 e. The van der Waals surface area contributed by atoms with Crippen LogP contribution in [0.3, 0.4) is 0 Å². The fraction of sp³-hybridized carbons (Fsp3) is 0.667. The van der Waals surface area contributed by atoms with Gasteiger partial charge >= 0.3 is 0 Å². The van der Waals surface area contributed by atoms with Crippen LogP contribution in [0.4, 0.5) is 11.5 Å². The van der Waals surface area contributed by atoms with E-state index in [1.165, 1.54) is 76.2 Å². The first-order valence-corrected chi connectivity index (χ1v) is 7.39. The second kappa shape index (κ2) is 5.59. The van der Waals surface area contributed by atoms with E-state index in [9.17, 15) is 0 Å². The molecule has 2 aliphatic heterocycles. The zero-order chi connectivity index (χ0) is 12.2. The summed E-state index contributed by atoms with van der Waals surface area (Å²) in [7, 11) is 0. The van der Waals surface area contributed by atoms with Crippen LogP contribution < -0.4 is 9.80 Å². The Kier molecular flexibility index (Phi) is 3.67. The molecular formula is C15H23N3. The van der Waals surface area contributed by atoms with Crippen molar-refractivity contribution in [3.63, 3.8) is 0 Å². The van der Waals surface area contributed by atoms with Gasteiger partial charge in [-0.2, -0.15) is 0 Å². The van der Waals surface area contributed by atoms with Gasteiger partial charge in [0.25, 0.3) is 0 Å². The normalized spacial score (nSPS) is 21.1. The minimum atomic E-state index is 1.18. The monoisotopic (exact) mass is 245 g/mol. The van der Waals surface area contributed by atoms with E-state index in [-0.39, 0.29) is 0 Å². The molecule has 0 N–H and O–H groups in total. The lowest BCUT2D eigenvalue weighted by molar-refractivity contribution is 0.570. The highest BCUT2D eigenvalue weighted by Crippen LogP contribution is 2.24. The number of piperidine rings is 2. The Morgan fingerprint density at radius 1 is 0.778 bits per heavy atom. The van der Waals surface area contributed by atoms with Gasteiger partial charge in [0.1, 0.15) is 5.82 Å². The van der Waals surface area contributed by atoms with Crippen molar-refractivity contribution in [2.75, 3.05) is 36.0 Å². The Hall–Kier alpha value is -1.25. The van der Waals surface area contributed by atoms with Crippen LogP contribution >= 0.6 is 0 Å². The molecule has 0 aromatic carbocycles. The molecule has 0 unspecified atom stereocenters. The van der Waals surface area contributed by atoms with Crippen LogP contribution in [0.15, 0.2) is 18.3 Å². The molecule has 0 atom stereocenters. The van der Waals surface area contributed by atoms with Gasteiger partial charge in [-0.05, 0) is 44.6 Å². The van der Waals surface area contributed by atoms with Gasteiger partial charge in [-0.25, -0.2) is 4.98 Å². The van der Waals surface area contributed by atoms with Crippen molar-refractivity contribution < 1.29 is 0 Å². The number of hydrogen-bond acceptors (Lipinski definition) is 3. The number of anilines is 2. The maximum atomic E-state index is 4.56. The van der Waals surface area contributed by atoms with Crippen LogP contribution in [-0.4, -0.2) is 31.2 Å². The van der Waals surface area contributed by atoms with Crippen molar-refractivity contribution in [2.45, 2.75) is 38.5 Å². The van der Waals surface area contributed by atoms with Gasteiger partial charge < -0.3 is 9.80 Å². The zero-order valence-corrected chi connectivity index (χ0v) is 11.1. The summed E-state index contributed by atoms with van der Waals surface area (Å²) >= 11 is 0. The second-order valence-corrected chi connectivity index (χ2v) is 5.47. The number of aromatic nitrogens is 1. The first-order chi connectivity index (χ1) is 8.93. The second-order valence-electron chi connectivity index (χ2n) is 5.47. The van der Waals surface area contributed by atoms with Gasteiger partial charge in [-0.1, -0.05) is 0 Å². The lowest BCUT2D eigenvalue weighted by atomic mass is 10.1. The van der Waals surface area contributed by atoms with E-state index in [1.807, 2.05) is 6.20 Å². The maximum Gasteiger partial charge on any atom is 0.130 e. The molecule has 2 saturated heterocycles. The average Bonchev–Trinajstić information content (AvgIpc) is 2.49. The van der Waals surface area contributed by atoms with Crippen LogP contribution in [0.5, 0.6) is 0 Å². The van der Waals surface area contributed by atoms with Crippen LogP contribution in [0, 0.1) is 0 Å². The third kappa shape index (κ3) is 2.60. The van der Waals surface area contributed by atoms with Crippen molar-refractivity contribution in [3.8, 4) is 0 Å². The standard InChI is InChI=1S/C15H23N3/c1-3-9-17(10-4-1)14-7-8-16-15(13-14)18-11-5-2-6-12-18/h7-8,13H,1-6,9-12H2. The lowest BCUT2D eigenvalue weighted by Crippen LogP contribution is -2.32. The predicted octanol–water partition coefficient (Wildman–Crippen LogP) is 3.06. The number of rotatable bonds is 2. The third-order valence-electron chi connectivity index (χ3n) is 4.13. The quantitative estimate of drug-likeness (QED) is 0.798. The van der Waals surface area contributed by atoms with Crippen molar-refractivity contribution in [2.24, 2.45) is 0 Å². The van der Waals surface area contributed by atoms with Crippen LogP contribution in [-0.2, 0) is 0 Å². The summed E-state index contributed by atoms with van der Waals surface area (Å²) < 4.78 is 0. The molecule has 0 saturated carbocycles. The van der Waals surface area contributed by atoms with E-state index in [0.29, 0.717) is 0 Å². The summed E-state index contributed by atoms with van der Waals surface area (Å²) in [6.45, 7) is 4.78. The molecule has 2 aliphatic rings. The minimum absolute atomic E-state index is 1.18. The molecule has 1 aromatic rings. The van der Waals surface area contributed by atoms with Gasteiger partial charge in [0.15, 0.2) is 0 Å². The highest BCUT2D eigenvalue weighted by Gasteiger charge is 2.15. The van der Waals surface area contributed by atoms with Gasteiger partial charge in [0.05, 0.1) is 0 Å². The molecule has 0 amide bonds. The highest BCUT2D eigenvalue weighted by atomic mass is 15.2. The topological polar surface area (TPSA) is 19.4 Å². The zero-order valence-electron chi connectivity index (χ0n) is 11.1. The Labute approximate surface area is 110 Å². The summed E-state index contributed by atoms with van der Waals surface area (Å²) in [4.78, 5) is 9.51. The smallest absolute Gasteiger partial charge is 0.130 e. The third-order valence-corrected chi connectivity index (χ3v) is 4.13. The molecule has 3 heterocycles. The van der Waals surface area contributed by atoms with Crippen LogP contribution in [0.2, 0.25) is 0 Å². The summed E-state index contributed by atoms with van der Waals surface area (Å²) in [5.74, 6) is 1.18. The van der Waals surface area contributed by atoms with E-state index in [1.54, 1.807) is 0 Å². The molecule has 1 aromatic heterocycles. The molecule has 2 fully saturated rings. The summed E-state index contributed by atoms with van der Waals surface area (Å²) in [6.07, 6.45) is 10.0. The molecule has 0 aliphatic carbocycles. The summed E-state index contributed by atoms with van der Waals surface area (Å²) in [5, 5.41) is 0. The van der Waals surface area contributed by atoms with E-state index in [0.717, 1.165) is 0 Å². The summed E-state index contributed by atoms with van der Waals surface area (Å²) in [6, 6.07) is 4.45. The fourth-order valence-corrected chi connectivity index (χ4v) is 3.05. The Morgan fingerprint density at radius 3 is 2.06 bits per heavy atom. The molecular weight excluding hydrogens is 222 g/mol. The highest BCUT2D eigenvalue weighted by molar-refractivity contribution is 5.55. The van der Waals surface area contributed by atoms with Crippen LogP contribution in [0.1, 0.15) is 38.5 Å². The van der Waals surface area contributed by atoms with Crippen molar-refractivity contribution in [1.82, 2.24) is 4.98 Å². The van der Waals surface area contributed by atoms with Crippen molar-refractivity contribution in [1.29, 1.82) is 0 Å². The fourth-order valence-electron chi connectivity index (χ4n) is 3.05. The Bertz CT molecular complexity index is 346. The Morgan fingerprint density at radius 2 is 1.39 bits per heavy atom. The number of pyridine rings is 1. The van der Waals surface area contributed by atoms with E-state index in [2.05, 4.69) is 26.9 Å². The SMILES string of the molecule is c1cc(N2CCCCC2)cc(N2CCCCC2)n1. The molecule has 0 radical (unpaired) electrons. The van der Waals surface area contributed by atoms with Gasteiger partial charge in [-0.3, -0.25) is 0 Å². The van der Waals surface area contributed by atoms with Crippen LogP contribution in [0.25, 0.3) is 0 Å². The molecule has 18 heavy (non-hydrogen) atoms. The van der Waals surface area contributed by atoms with Gasteiger partial charge in [-0.15, -0.1) is 0 Å². The molecule has 98 valence electrons. The minimum Gasteiger partial charge on any atom is -0.371 e. The average molecular weight is 245 g/mol. The summed E-state index contributed by atoms with van der Waals surface area (Å²) in [5.41, 5.74) is 1.37. The first kappa shape index (κ1) is 11.8. The number of hydrogen-bond donors (Lipinski definition) is 0. The molecule has 0 spiro atoms. The molecule has 3 rings (SSSR count). The van der Waals surface area contributed by atoms with Crippen molar-refractivity contribution in [3.05, 3.63) is 18.3 Å². The molecule has 0 bridgehead atoms. The molecule has 3 heteroatoms. The van der Waals surface area contributed by atoms with Gasteiger partial charge in [0.2, 0.25) is 0 Å². The maximum absolute atomic E-state index is 4.56. The molecule has 3 nitrogen and oxygen atoms in total. The van der Waals surface area contributed by atoms with Gasteiger partial charge in [0, 0.05) is 44.1 Å².